The van der Waals surface area contributed by atoms with E-state index in [0.29, 0.717) is 17.3 Å². The fourth-order valence-electron chi connectivity index (χ4n) is 1.31. The summed E-state index contributed by atoms with van der Waals surface area (Å²) in [6, 6.07) is 3.11. The molecule has 5 heteroatoms. The molecule has 0 aliphatic rings. The third-order valence-electron chi connectivity index (χ3n) is 2.03. The van der Waals surface area contributed by atoms with E-state index in [9.17, 15) is 0 Å². The highest BCUT2D eigenvalue weighted by molar-refractivity contribution is 5.27. The van der Waals surface area contributed by atoms with Crippen molar-refractivity contribution in [3.8, 4) is 5.88 Å². The van der Waals surface area contributed by atoms with Crippen molar-refractivity contribution in [1.29, 1.82) is 0 Å². The Hall–Kier alpha value is -1.88. The Morgan fingerprint density at radius 2 is 2.20 bits per heavy atom. The van der Waals surface area contributed by atoms with Crippen molar-refractivity contribution < 1.29 is 9.15 Å². The van der Waals surface area contributed by atoms with Gasteiger partial charge in [0.25, 0.3) is 0 Å². The van der Waals surface area contributed by atoms with Crippen molar-refractivity contribution in [3.63, 3.8) is 0 Å². The molecule has 0 fully saturated rings. The standard InChI is InChI=1S/C10H11N3O2/c1-14-10-9(12-4-5-13-10)8(11)7-3-2-6-15-7/h2-6,8H,11H2,1H3. The van der Waals surface area contributed by atoms with Crippen molar-refractivity contribution in [2.24, 2.45) is 5.73 Å². The van der Waals surface area contributed by atoms with Crippen molar-refractivity contribution in [1.82, 2.24) is 9.97 Å². The summed E-state index contributed by atoms with van der Waals surface area (Å²) in [7, 11) is 1.53. The molecule has 2 aromatic heterocycles. The minimum Gasteiger partial charge on any atom is -0.480 e. The van der Waals surface area contributed by atoms with Gasteiger partial charge < -0.3 is 14.9 Å². The zero-order valence-corrected chi connectivity index (χ0v) is 8.25. The number of aromatic nitrogens is 2. The molecule has 0 saturated carbocycles. The fraction of sp³-hybridized carbons (Fsp3) is 0.200. The van der Waals surface area contributed by atoms with Gasteiger partial charge in [0.05, 0.1) is 13.4 Å². The van der Waals surface area contributed by atoms with E-state index in [-0.39, 0.29) is 0 Å². The highest BCUT2D eigenvalue weighted by Gasteiger charge is 2.18. The Morgan fingerprint density at radius 1 is 1.40 bits per heavy atom. The lowest BCUT2D eigenvalue weighted by atomic mass is 10.2. The molecule has 0 bridgehead atoms. The maximum atomic E-state index is 5.96. The lowest BCUT2D eigenvalue weighted by Crippen LogP contribution is -2.14. The van der Waals surface area contributed by atoms with Gasteiger partial charge in [-0.25, -0.2) is 4.98 Å². The molecule has 2 aromatic rings. The van der Waals surface area contributed by atoms with Crippen LogP contribution in [-0.4, -0.2) is 17.1 Å². The molecule has 0 aliphatic heterocycles. The number of nitrogens with zero attached hydrogens (tertiary/aromatic N) is 2. The maximum absolute atomic E-state index is 5.96. The number of rotatable bonds is 3. The highest BCUT2D eigenvalue weighted by Crippen LogP contribution is 2.23. The molecule has 15 heavy (non-hydrogen) atoms. The Kier molecular flexibility index (Phi) is 2.64. The van der Waals surface area contributed by atoms with Crippen LogP contribution in [0.25, 0.3) is 0 Å². The minimum absolute atomic E-state index is 0.418. The number of ether oxygens (including phenoxy) is 1. The summed E-state index contributed by atoms with van der Waals surface area (Å²) < 4.78 is 10.3. The van der Waals surface area contributed by atoms with E-state index in [2.05, 4.69) is 9.97 Å². The first-order valence-electron chi connectivity index (χ1n) is 4.47. The Labute approximate surface area is 86.9 Å². The van der Waals surface area contributed by atoms with Gasteiger partial charge in [-0.1, -0.05) is 0 Å². The van der Waals surface area contributed by atoms with Crippen LogP contribution in [0, 0.1) is 0 Å². The van der Waals surface area contributed by atoms with Gasteiger partial charge in [-0.15, -0.1) is 0 Å². The molecule has 78 valence electrons. The van der Waals surface area contributed by atoms with Gasteiger partial charge in [0.1, 0.15) is 17.5 Å². The average Bonchev–Trinajstić information content (AvgIpc) is 2.81. The molecule has 1 atom stereocenters. The predicted octanol–water partition coefficient (Wildman–Crippen LogP) is 1.13. The van der Waals surface area contributed by atoms with E-state index in [1.807, 2.05) is 0 Å². The second-order valence-electron chi connectivity index (χ2n) is 2.94. The monoisotopic (exact) mass is 205 g/mol. The third kappa shape index (κ3) is 1.82. The number of furan rings is 1. The van der Waals surface area contributed by atoms with E-state index in [1.54, 1.807) is 30.8 Å². The van der Waals surface area contributed by atoms with Gasteiger partial charge >= 0.3 is 0 Å². The Bertz CT molecular complexity index is 428. The van der Waals surface area contributed by atoms with Gasteiger partial charge in [-0.2, -0.15) is 0 Å². The smallest absolute Gasteiger partial charge is 0.237 e. The summed E-state index contributed by atoms with van der Waals surface area (Å²) in [6.45, 7) is 0. The first kappa shape index (κ1) is 9.67. The number of hydrogen-bond donors (Lipinski definition) is 1. The quantitative estimate of drug-likeness (QED) is 0.812. The van der Waals surface area contributed by atoms with Gasteiger partial charge in [-0.05, 0) is 12.1 Å². The molecule has 0 aliphatic carbocycles. The van der Waals surface area contributed by atoms with E-state index < -0.39 is 6.04 Å². The summed E-state index contributed by atoms with van der Waals surface area (Å²) in [5, 5.41) is 0. The molecule has 0 radical (unpaired) electrons. The van der Waals surface area contributed by atoms with E-state index in [1.165, 1.54) is 7.11 Å². The molecule has 0 aromatic carbocycles. The molecule has 2 heterocycles. The predicted molar refractivity (Wildman–Crippen MR) is 53.3 cm³/mol. The largest absolute Gasteiger partial charge is 0.480 e. The van der Waals surface area contributed by atoms with Gasteiger partial charge in [0, 0.05) is 12.4 Å². The van der Waals surface area contributed by atoms with Crippen LogP contribution in [0.5, 0.6) is 5.88 Å². The summed E-state index contributed by atoms with van der Waals surface area (Å²) >= 11 is 0. The maximum Gasteiger partial charge on any atom is 0.237 e. The molecule has 5 nitrogen and oxygen atoms in total. The first-order chi connectivity index (χ1) is 7.33. The lowest BCUT2D eigenvalue weighted by Gasteiger charge is -2.10. The minimum atomic E-state index is -0.455. The van der Waals surface area contributed by atoms with E-state index in [0.717, 1.165) is 0 Å². The van der Waals surface area contributed by atoms with Crippen LogP contribution in [-0.2, 0) is 0 Å². The van der Waals surface area contributed by atoms with Crippen molar-refractivity contribution in [2.45, 2.75) is 6.04 Å². The van der Waals surface area contributed by atoms with Crippen molar-refractivity contribution >= 4 is 0 Å². The van der Waals surface area contributed by atoms with E-state index >= 15 is 0 Å². The molecular weight excluding hydrogens is 194 g/mol. The SMILES string of the molecule is COc1nccnc1C(N)c1ccco1. The fourth-order valence-corrected chi connectivity index (χ4v) is 1.31. The normalized spacial score (nSPS) is 12.4. The second-order valence-corrected chi connectivity index (χ2v) is 2.94. The molecule has 2 N–H and O–H groups in total. The summed E-state index contributed by atoms with van der Waals surface area (Å²) in [5.74, 6) is 1.05. The van der Waals surface area contributed by atoms with Crippen LogP contribution >= 0.6 is 0 Å². The topological polar surface area (TPSA) is 74.2 Å². The summed E-state index contributed by atoms with van der Waals surface area (Å²) in [6.07, 6.45) is 4.69. The highest BCUT2D eigenvalue weighted by atomic mass is 16.5. The molecule has 0 saturated heterocycles. The van der Waals surface area contributed by atoms with Gasteiger partial charge in [0.15, 0.2) is 0 Å². The van der Waals surface area contributed by atoms with Crippen LogP contribution in [0.1, 0.15) is 17.5 Å². The van der Waals surface area contributed by atoms with Crippen LogP contribution in [0.2, 0.25) is 0 Å². The third-order valence-corrected chi connectivity index (χ3v) is 2.03. The second kappa shape index (κ2) is 4.10. The molecule has 0 spiro atoms. The van der Waals surface area contributed by atoms with Gasteiger partial charge in [-0.3, -0.25) is 4.98 Å². The van der Waals surface area contributed by atoms with Crippen LogP contribution in [0.3, 0.4) is 0 Å². The number of hydrogen-bond acceptors (Lipinski definition) is 5. The van der Waals surface area contributed by atoms with Crippen molar-refractivity contribution in [2.75, 3.05) is 7.11 Å². The molecule has 0 amide bonds. The first-order valence-corrected chi connectivity index (χ1v) is 4.47. The Balaban J connectivity index is 2.37. The van der Waals surface area contributed by atoms with Crippen molar-refractivity contribution in [3.05, 3.63) is 42.2 Å². The molecular formula is C10H11N3O2. The van der Waals surface area contributed by atoms with Crippen LogP contribution in [0.15, 0.2) is 35.2 Å². The van der Waals surface area contributed by atoms with Crippen LogP contribution in [0.4, 0.5) is 0 Å². The average molecular weight is 205 g/mol. The molecule has 1 unspecified atom stereocenters. The van der Waals surface area contributed by atoms with Crippen LogP contribution < -0.4 is 10.5 Å². The Morgan fingerprint density at radius 3 is 2.87 bits per heavy atom. The number of methoxy groups -OCH3 is 1. The summed E-state index contributed by atoms with van der Waals surface area (Å²) in [4.78, 5) is 8.15. The molecule has 2 rings (SSSR count). The van der Waals surface area contributed by atoms with Gasteiger partial charge in [0.2, 0.25) is 5.88 Å². The zero-order chi connectivity index (χ0) is 10.7. The zero-order valence-electron chi connectivity index (χ0n) is 8.25. The number of nitrogens with two attached hydrogens (primary N) is 1. The lowest BCUT2D eigenvalue weighted by molar-refractivity contribution is 0.382. The summed E-state index contributed by atoms with van der Waals surface area (Å²) in [5.41, 5.74) is 6.53. The van der Waals surface area contributed by atoms with E-state index in [4.69, 9.17) is 14.9 Å².